The fourth-order valence-electron chi connectivity index (χ4n) is 0.253. The molecule has 0 spiro atoms. The Morgan fingerprint density at radius 1 is 0.714 bits per heavy atom. The Kier molecular flexibility index (Phi) is 4.72. The fraction of sp³-hybridized carbons (Fsp3) is 0. The Hall–Kier alpha value is 0.340. The first-order valence-corrected chi connectivity index (χ1v) is 1.70. The summed E-state index contributed by atoms with van der Waals surface area (Å²) in [6, 6.07) is 0. The number of nitrogens with zero attached hydrogens (tertiary/aromatic N) is 2. The summed E-state index contributed by atoms with van der Waals surface area (Å²) in [6.45, 7) is 0. The van der Waals surface area contributed by atoms with Crippen LogP contribution >= 0.6 is 0 Å². The van der Waals surface area contributed by atoms with Crippen LogP contribution in [0.25, 0.3) is 0 Å². The van der Waals surface area contributed by atoms with Crippen LogP contribution in [-0.4, -0.2) is 47.7 Å². The molecule has 0 saturated heterocycles. The van der Waals surface area contributed by atoms with E-state index in [1.165, 1.54) is 0 Å². The van der Waals surface area contributed by atoms with Crippen molar-refractivity contribution < 1.29 is 0 Å². The molecule has 7 heavy (non-hydrogen) atoms. The molecule has 3 heteroatoms. The summed E-state index contributed by atoms with van der Waals surface area (Å²) in [5.41, 5.74) is 0. The monoisotopic (exact) mass is 120 g/mol. The molecule has 0 atom stereocenters. The van der Waals surface area contributed by atoms with Crippen molar-refractivity contribution in [2.24, 2.45) is 0 Å². The van der Waals surface area contributed by atoms with E-state index < -0.39 is 0 Å². The van der Waals surface area contributed by atoms with Gasteiger partial charge in [-0.05, 0) is 0 Å². The van der Waals surface area contributed by atoms with Gasteiger partial charge in [-0.25, -0.2) is 0 Å². The van der Waals surface area contributed by atoms with Crippen molar-refractivity contribution in [1.29, 1.82) is 0 Å². The SMILES string of the molecule is [Ca].c1cnccn1. The van der Waals surface area contributed by atoms with Gasteiger partial charge in [-0.2, -0.15) is 0 Å². The van der Waals surface area contributed by atoms with Gasteiger partial charge < -0.3 is 0 Å². The average molecular weight is 120 g/mol. The number of hydrogen-bond acceptors (Lipinski definition) is 2. The quantitative estimate of drug-likeness (QED) is 0.454. The van der Waals surface area contributed by atoms with Gasteiger partial charge in [-0.15, -0.1) is 0 Å². The Labute approximate surface area is 72.0 Å². The van der Waals surface area contributed by atoms with Gasteiger partial charge >= 0.3 is 0 Å². The minimum Gasteiger partial charge on any atom is -0.262 e. The standard InChI is InChI=1S/C4H4N2.Ca/c1-2-6-4-3-5-1;/h1-4H;. The van der Waals surface area contributed by atoms with Crippen molar-refractivity contribution in [1.82, 2.24) is 9.97 Å². The first kappa shape index (κ1) is 7.34. The van der Waals surface area contributed by atoms with Gasteiger partial charge in [-0.1, -0.05) is 0 Å². The van der Waals surface area contributed by atoms with Crippen molar-refractivity contribution in [2.45, 2.75) is 0 Å². The number of rotatable bonds is 0. The molecule has 1 aromatic heterocycles. The minimum atomic E-state index is 0. The first-order valence-electron chi connectivity index (χ1n) is 1.70. The first-order chi connectivity index (χ1) is 3.00. The zero-order valence-corrected chi connectivity index (χ0v) is 6.12. The van der Waals surface area contributed by atoms with Gasteiger partial charge in [0, 0.05) is 62.5 Å². The van der Waals surface area contributed by atoms with E-state index in [1.807, 2.05) is 0 Å². The Morgan fingerprint density at radius 2 is 1.00 bits per heavy atom. The van der Waals surface area contributed by atoms with Crippen LogP contribution in [0.1, 0.15) is 0 Å². The third-order valence-electron chi connectivity index (χ3n) is 0.478. The molecule has 0 aromatic carbocycles. The van der Waals surface area contributed by atoms with Crippen LogP contribution < -0.4 is 0 Å². The second-order valence-corrected chi connectivity index (χ2v) is 0.894. The minimum absolute atomic E-state index is 0. The molecule has 0 aliphatic rings. The summed E-state index contributed by atoms with van der Waals surface area (Å²) >= 11 is 0. The van der Waals surface area contributed by atoms with Crippen LogP contribution in [0.4, 0.5) is 0 Å². The van der Waals surface area contributed by atoms with Crippen molar-refractivity contribution in [3.63, 3.8) is 0 Å². The van der Waals surface area contributed by atoms with Crippen molar-refractivity contribution in [3.8, 4) is 0 Å². The zero-order chi connectivity index (χ0) is 4.24. The summed E-state index contributed by atoms with van der Waals surface area (Å²) in [6.07, 6.45) is 6.56. The van der Waals surface area contributed by atoms with Gasteiger partial charge in [0.05, 0.1) is 0 Å². The number of hydrogen-bond donors (Lipinski definition) is 0. The predicted octanol–water partition coefficient (Wildman–Crippen LogP) is 0.0958. The Morgan fingerprint density at radius 3 is 1.14 bits per heavy atom. The molecule has 0 aliphatic heterocycles. The summed E-state index contributed by atoms with van der Waals surface area (Å²) in [7, 11) is 0. The van der Waals surface area contributed by atoms with Gasteiger partial charge in [0.2, 0.25) is 0 Å². The maximum atomic E-state index is 3.72. The van der Waals surface area contributed by atoms with E-state index in [4.69, 9.17) is 0 Å². The van der Waals surface area contributed by atoms with Gasteiger partial charge in [0.15, 0.2) is 0 Å². The smallest absolute Gasteiger partial charge is 0.0451 e. The summed E-state index contributed by atoms with van der Waals surface area (Å²) in [5.74, 6) is 0. The van der Waals surface area contributed by atoms with E-state index in [2.05, 4.69) is 9.97 Å². The molecule has 0 amide bonds. The molecule has 1 heterocycles. The van der Waals surface area contributed by atoms with Crippen LogP contribution in [0.15, 0.2) is 24.8 Å². The zero-order valence-electron chi connectivity index (χ0n) is 3.91. The van der Waals surface area contributed by atoms with Gasteiger partial charge in [-0.3, -0.25) is 9.97 Å². The maximum Gasteiger partial charge on any atom is 0.0451 e. The largest absolute Gasteiger partial charge is 0.262 e. The van der Waals surface area contributed by atoms with E-state index in [9.17, 15) is 0 Å². The number of aromatic nitrogens is 2. The molecule has 1 aromatic rings. The van der Waals surface area contributed by atoms with Crippen LogP contribution in [0, 0.1) is 0 Å². The van der Waals surface area contributed by atoms with Gasteiger partial charge in [0.25, 0.3) is 0 Å². The van der Waals surface area contributed by atoms with Gasteiger partial charge in [0.1, 0.15) is 0 Å². The molecule has 32 valence electrons. The Balaban J connectivity index is 0.000000360. The van der Waals surface area contributed by atoms with Crippen molar-refractivity contribution >= 4 is 37.7 Å². The van der Waals surface area contributed by atoms with E-state index in [1.54, 1.807) is 24.8 Å². The Bertz CT molecular complexity index is 81.6. The predicted molar refractivity (Wildman–Crippen MR) is 27.8 cm³/mol. The summed E-state index contributed by atoms with van der Waals surface area (Å²) in [4.78, 5) is 7.44. The summed E-state index contributed by atoms with van der Waals surface area (Å²) < 4.78 is 0. The molecule has 1 rings (SSSR count). The van der Waals surface area contributed by atoms with E-state index >= 15 is 0 Å². The van der Waals surface area contributed by atoms with Crippen LogP contribution in [0.3, 0.4) is 0 Å². The molecule has 0 aliphatic carbocycles. The maximum absolute atomic E-state index is 3.72. The molecule has 0 fully saturated rings. The molecule has 2 radical (unpaired) electrons. The molecule has 0 bridgehead atoms. The van der Waals surface area contributed by atoms with E-state index in [-0.39, 0.29) is 37.7 Å². The third kappa shape index (κ3) is 2.97. The second-order valence-electron chi connectivity index (χ2n) is 0.894. The molecular weight excluding hydrogens is 116 g/mol. The van der Waals surface area contributed by atoms with Crippen molar-refractivity contribution in [3.05, 3.63) is 24.8 Å². The molecule has 2 nitrogen and oxygen atoms in total. The molecule has 0 saturated carbocycles. The topological polar surface area (TPSA) is 25.8 Å². The third-order valence-corrected chi connectivity index (χ3v) is 0.478. The van der Waals surface area contributed by atoms with Crippen LogP contribution in [0.5, 0.6) is 0 Å². The molecule has 0 N–H and O–H groups in total. The average Bonchev–Trinajstić information content (AvgIpc) is 1.72. The molecular formula is C4H4CaN2. The van der Waals surface area contributed by atoms with E-state index in [0.29, 0.717) is 0 Å². The van der Waals surface area contributed by atoms with Crippen LogP contribution in [-0.2, 0) is 0 Å². The summed E-state index contributed by atoms with van der Waals surface area (Å²) in [5, 5.41) is 0. The molecule has 0 unspecified atom stereocenters. The fourth-order valence-corrected chi connectivity index (χ4v) is 0.253. The van der Waals surface area contributed by atoms with Crippen LogP contribution in [0.2, 0.25) is 0 Å². The van der Waals surface area contributed by atoms with Crippen molar-refractivity contribution in [2.75, 3.05) is 0 Å². The second kappa shape index (κ2) is 4.50. The van der Waals surface area contributed by atoms with E-state index in [0.717, 1.165) is 0 Å². The normalized spacial score (nSPS) is 6.86.